The van der Waals surface area contributed by atoms with Crippen LogP contribution in [0.2, 0.25) is 0 Å². The predicted molar refractivity (Wildman–Crippen MR) is 61.7 cm³/mol. The first-order valence-electron chi connectivity index (χ1n) is 5.06. The molecule has 3 rings (SSSR count). The lowest BCUT2D eigenvalue weighted by molar-refractivity contribution is 0.568. The van der Waals surface area contributed by atoms with Gasteiger partial charge in [0.1, 0.15) is 5.82 Å². The number of nitrogens with zero attached hydrogens (tertiary/aromatic N) is 1. The fourth-order valence-corrected chi connectivity index (χ4v) is 1.77. The molecule has 0 atom stereocenters. The lowest BCUT2D eigenvalue weighted by Crippen LogP contribution is -1.84. The summed E-state index contributed by atoms with van der Waals surface area (Å²) in [4.78, 5) is 7.38. The molecule has 3 heteroatoms. The normalized spacial score (nSPS) is 10.5. The molecular weight excluding hydrogens is 200 g/mol. The van der Waals surface area contributed by atoms with Gasteiger partial charge in [-0.25, -0.2) is 4.98 Å². The molecule has 0 unspecified atom stereocenters. The maximum Gasteiger partial charge on any atom is 0.137 e. The third-order valence-electron chi connectivity index (χ3n) is 2.51. The fraction of sp³-hybridized carbons (Fsp3) is 0. The molecule has 2 heterocycles. The topological polar surface area (TPSA) is 41.8 Å². The highest BCUT2D eigenvalue weighted by Gasteiger charge is 2.08. The molecule has 0 bridgehead atoms. The summed E-state index contributed by atoms with van der Waals surface area (Å²) < 4.78 is 5.11. The minimum atomic E-state index is 0.872. The second-order valence-electron chi connectivity index (χ2n) is 3.50. The Morgan fingerprint density at radius 2 is 1.94 bits per heavy atom. The molecule has 16 heavy (non-hydrogen) atoms. The minimum absolute atomic E-state index is 0.872. The van der Waals surface area contributed by atoms with Crippen molar-refractivity contribution in [1.82, 2.24) is 9.97 Å². The molecule has 0 aliphatic rings. The number of H-pyrrole nitrogens is 1. The van der Waals surface area contributed by atoms with Crippen molar-refractivity contribution in [3.8, 4) is 22.5 Å². The number of hydrogen-bond donors (Lipinski definition) is 1. The van der Waals surface area contributed by atoms with Crippen LogP contribution in [0, 0.1) is 0 Å². The van der Waals surface area contributed by atoms with E-state index in [9.17, 15) is 0 Å². The Bertz CT molecular complexity index is 515. The van der Waals surface area contributed by atoms with Gasteiger partial charge in [-0.2, -0.15) is 0 Å². The molecule has 2 aromatic heterocycles. The largest absolute Gasteiger partial charge is 0.472 e. The van der Waals surface area contributed by atoms with Gasteiger partial charge in [0.15, 0.2) is 0 Å². The summed E-state index contributed by atoms with van der Waals surface area (Å²) in [5.41, 5.74) is 3.26. The van der Waals surface area contributed by atoms with Crippen LogP contribution in [0.1, 0.15) is 0 Å². The zero-order valence-corrected chi connectivity index (χ0v) is 8.55. The lowest BCUT2D eigenvalue weighted by Gasteiger charge is -2.04. The van der Waals surface area contributed by atoms with Crippen LogP contribution in [0.4, 0.5) is 0 Å². The van der Waals surface area contributed by atoms with E-state index in [0.717, 1.165) is 22.5 Å². The molecule has 1 N–H and O–H groups in total. The molecule has 0 fully saturated rings. The van der Waals surface area contributed by atoms with Crippen LogP contribution < -0.4 is 0 Å². The van der Waals surface area contributed by atoms with Crippen molar-refractivity contribution in [2.75, 3.05) is 0 Å². The number of aromatic amines is 1. The maximum atomic E-state index is 5.11. The minimum Gasteiger partial charge on any atom is -0.472 e. The van der Waals surface area contributed by atoms with Crippen molar-refractivity contribution in [3.63, 3.8) is 0 Å². The second-order valence-corrected chi connectivity index (χ2v) is 3.50. The van der Waals surface area contributed by atoms with E-state index in [0.29, 0.717) is 0 Å². The molecule has 0 saturated carbocycles. The van der Waals surface area contributed by atoms with E-state index >= 15 is 0 Å². The fourth-order valence-electron chi connectivity index (χ4n) is 1.77. The smallest absolute Gasteiger partial charge is 0.137 e. The van der Waals surface area contributed by atoms with E-state index < -0.39 is 0 Å². The number of aromatic nitrogens is 2. The highest BCUT2D eigenvalue weighted by molar-refractivity contribution is 5.79. The van der Waals surface area contributed by atoms with Crippen molar-refractivity contribution in [1.29, 1.82) is 0 Å². The first kappa shape index (κ1) is 8.97. The molecule has 3 aromatic rings. The molecule has 0 radical (unpaired) electrons. The zero-order chi connectivity index (χ0) is 10.8. The van der Waals surface area contributed by atoms with Crippen LogP contribution in [-0.2, 0) is 0 Å². The lowest BCUT2D eigenvalue weighted by atomic mass is 10.0. The Hall–Kier alpha value is -2.29. The molecule has 78 valence electrons. The van der Waals surface area contributed by atoms with Gasteiger partial charge in [0.2, 0.25) is 0 Å². The quantitative estimate of drug-likeness (QED) is 0.704. The molecular formula is C13H10N2O. The van der Waals surface area contributed by atoms with Crippen molar-refractivity contribution in [2.45, 2.75) is 0 Å². The number of benzene rings is 1. The van der Waals surface area contributed by atoms with Gasteiger partial charge in [-0.15, -0.1) is 0 Å². The molecule has 3 nitrogen and oxygen atoms in total. The first-order valence-corrected chi connectivity index (χ1v) is 5.06. The van der Waals surface area contributed by atoms with Crippen LogP contribution in [0.15, 0.2) is 59.7 Å². The Labute approximate surface area is 92.8 Å². The average Bonchev–Trinajstić information content (AvgIpc) is 3.03. The van der Waals surface area contributed by atoms with Crippen molar-refractivity contribution in [3.05, 3.63) is 55.3 Å². The van der Waals surface area contributed by atoms with Gasteiger partial charge in [0.05, 0.1) is 12.5 Å². The van der Waals surface area contributed by atoms with E-state index in [-0.39, 0.29) is 0 Å². The summed E-state index contributed by atoms with van der Waals surface area (Å²) in [7, 11) is 0. The monoisotopic (exact) mass is 210 g/mol. The predicted octanol–water partition coefficient (Wildman–Crippen LogP) is 3.34. The van der Waals surface area contributed by atoms with Crippen LogP contribution >= 0.6 is 0 Å². The summed E-state index contributed by atoms with van der Waals surface area (Å²) in [6.45, 7) is 0. The number of hydrogen-bond acceptors (Lipinski definition) is 2. The number of nitrogens with one attached hydrogen (secondary N) is 1. The Morgan fingerprint density at radius 1 is 1.06 bits per heavy atom. The molecule has 0 amide bonds. The van der Waals surface area contributed by atoms with Gasteiger partial charge >= 0.3 is 0 Å². The third-order valence-corrected chi connectivity index (χ3v) is 2.51. The van der Waals surface area contributed by atoms with Crippen LogP contribution in [0.3, 0.4) is 0 Å². The van der Waals surface area contributed by atoms with Crippen molar-refractivity contribution in [2.24, 2.45) is 0 Å². The van der Waals surface area contributed by atoms with Gasteiger partial charge in [-0.1, -0.05) is 24.3 Å². The second kappa shape index (κ2) is 3.70. The summed E-state index contributed by atoms with van der Waals surface area (Å²) in [6.07, 6.45) is 6.99. The highest BCUT2D eigenvalue weighted by atomic mass is 16.3. The van der Waals surface area contributed by atoms with E-state index in [1.807, 2.05) is 30.5 Å². The zero-order valence-electron chi connectivity index (χ0n) is 8.55. The average molecular weight is 210 g/mol. The van der Waals surface area contributed by atoms with Gasteiger partial charge < -0.3 is 9.40 Å². The third kappa shape index (κ3) is 1.42. The van der Waals surface area contributed by atoms with Gasteiger partial charge in [-0.05, 0) is 11.6 Å². The molecule has 1 aromatic carbocycles. The van der Waals surface area contributed by atoms with Gasteiger partial charge in [0.25, 0.3) is 0 Å². The van der Waals surface area contributed by atoms with Gasteiger partial charge in [0, 0.05) is 23.5 Å². The van der Waals surface area contributed by atoms with E-state index in [1.54, 1.807) is 18.7 Å². The Kier molecular flexibility index (Phi) is 2.07. The van der Waals surface area contributed by atoms with E-state index in [1.165, 1.54) is 0 Å². The Balaban J connectivity index is 2.19. The Morgan fingerprint density at radius 3 is 2.62 bits per heavy atom. The first-order chi connectivity index (χ1) is 7.95. The van der Waals surface area contributed by atoms with E-state index in [4.69, 9.17) is 4.42 Å². The van der Waals surface area contributed by atoms with Crippen LogP contribution in [0.5, 0.6) is 0 Å². The van der Waals surface area contributed by atoms with Crippen LogP contribution in [0.25, 0.3) is 22.5 Å². The number of furan rings is 1. The van der Waals surface area contributed by atoms with Crippen molar-refractivity contribution < 1.29 is 4.42 Å². The summed E-state index contributed by atoms with van der Waals surface area (Å²) >= 11 is 0. The molecule has 0 aliphatic heterocycles. The molecule has 0 saturated heterocycles. The maximum absolute atomic E-state index is 5.11. The van der Waals surface area contributed by atoms with E-state index in [2.05, 4.69) is 16.0 Å². The summed E-state index contributed by atoms with van der Waals surface area (Å²) in [6, 6.07) is 10.1. The summed E-state index contributed by atoms with van der Waals surface area (Å²) in [5.74, 6) is 0.872. The van der Waals surface area contributed by atoms with Crippen LogP contribution in [-0.4, -0.2) is 9.97 Å². The number of imidazole rings is 1. The van der Waals surface area contributed by atoms with Gasteiger partial charge in [-0.3, -0.25) is 0 Å². The molecule has 0 aliphatic carbocycles. The number of rotatable bonds is 2. The SMILES string of the molecule is c1ccc(-c2ncc[nH]2)c(-c2ccoc2)c1. The van der Waals surface area contributed by atoms with Crippen molar-refractivity contribution >= 4 is 0 Å². The summed E-state index contributed by atoms with van der Waals surface area (Å²) in [5, 5.41) is 0. The standard InChI is InChI=1S/C13H10N2O/c1-2-4-12(13-14-6-7-15-13)11(3-1)10-5-8-16-9-10/h1-9H,(H,14,15). The molecule has 0 spiro atoms. The highest BCUT2D eigenvalue weighted by Crippen LogP contribution is 2.29.